The fraction of sp³-hybridized carbons (Fsp3) is 0.700. The van der Waals surface area contributed by atoms with E-state index in [4.69, 9.17) is 11.6 Å². The molecule has 1 aromatic rings. The third-order valence-corrected chi connectivity index (χ3v) is 12.9. The second-order valence-corrected chi connectivity index (χ2v) is 14.3. The van der Waals surface area contributed by atoms with Crippen LogP contribution in [-0.4, -0.2) is 31.9 Å². The van der Waals surface area contributed by atoms with Crippen LogP contribution in [0.1, 0.15) is 59.9 Å². The molecule has 0 heterocycles. The molecule has 0 fully saturated rings. The lowest BCUT2D eigenvalue weighted by Crippen LogP contribution is -2.56. The lowest BCUT2D eigenvalue weighted by Gasteiger charge is -2.45. The summed E-state index contributed by atoms with van der Waals surface area (Å²) >= 11 is 6.42. The summed E-state index contributed by atoms with van der Waals surface area (Å²) in [5.41, 5.74) is 3.51. The lowest BCUT2D eigenvalue weighted by atomic mass is 10.1. The molecule has 4 heteroatoms. The van der Waals surface area contributed by atoms with Crippen LogP contribution in [0.25, 0.3) is 0 Å². The molecule has 0 radical (unpaired) electrons. The number of benzene rings is 1. The van der Waals surface area contributed by atoms with Gasteiger partial charge in [-0.05, 0) is 53.6 Å². The van der Waals surface area contributed by atoms with E-state index in [1.165, 1.54) is 10.6 Å². The van der Waals surface area contributed by atoms with Crippen molar-refractivity contribution in [1.29, 1.82) is 0 Å². The summed E-state index contributed by atoms with van der Waals surface area (Å²) < 4.78 is 0. The summed E-state index contributed by atoms with van der Waals surface area (Å²) in [5, 5.41) is 13.0. The Labute approximate surface area is 155 Å². The Morgan fingerprint density at radius 1 is 1.00 bits per heavy atom. The van der Waals surface area contributed by atoms with Crippen molar-refractivity contribution in [3.8, 4) is 0 Å². The highest BCUT2D eigenvalue weighted by atomic mass is 35.5. The topological polar surface area (TPSA) is 23.5 Å². The fourth-order valence-corrected chi connectivity index (χ4v) is 12.1. The Kier molecular flexibility index (Phi) is 8.47. The predicted molar refractivity (Wildman–Crippen MR) is 109 cm³/mol. The number of nitrogens with zero attached hydrogens (tertiary/aromatic N) is 1. The maximum Gasteiger partial charge on any atom is 0.0946 e. The summed E-state index contributed by atoms with van der Waals surface area (Å²) in [7, 11) is 0.00438. The molecule has 0 aliphatic carbocycles. The SMILES string of the molecule is CC(C)[Si](c1cc(Cl)ccc1CCCCN(C)O)(C(C)C)C(C)C. The molecular weight excluding hydrogens is 334 g/mol. The molecule has 0 aromatic heterocycles. The third-order valence-electron chi connectivity index (χ3n) is 5.58. The molecule has 0 amide bonds. The molecule has 0 saturated carbocycles. The Balaban J connectivity index is 3.25. The molecule has 0 bridgehead atoms. The highest BCUT2D eigenvalue weighted by Gasteiger charge is 2.45. The number of hydroxylamine groups is 2. The fourth-order valence-electron chi connectivity index (χ4n) is 4.76. The van der Waals surface area contributed by atoms with E-state index in [-0.39, 0.29) is 0 Å². The summed E-state index contributed by atoms with van der Waals surface area (Å²) in [4.78, 5) is 0. The van der Waals surface area contributed by atoms with E-state index in [9.17, 15) is 5.21 Å². The van der Waals surface area contributed by atoms with Crippen molar-refractivity contribution >= 4 is 24.9 Å². The van der Waals surface area contributed by atoms with Gasteiger partial charge in [0.15, 0.2) is 0 Å². The smallest absolute Gasteiger partial charge is 0.0946 e. The van der Waals surface area contributed by atoms with Crippen molar-refractivity contribution in [1.82, 2.24) is 5.06 Å². The predicted octanol–water partition coefficient (Wildman–Crippen LogP) is 5.87. The first-order valence-corrected chi connectivity index (χ1v) is 11.9. The summed E-state index contributed by atoms with van der Waals surface area (Å²) in [5.74, 6) is 0. The Hall–Kier alpha value is -0.353. The Morgan fingerprint density at radius 3 is 2.00 bits per heavy atom. The van der Waals surface area contributed by atoms with Crippen molar-refractivity contribution in [3.05, 3.63) is 28.8 Å². The molecule has 0 saturated heterocycles. The van der Waals surface area contributed by atoms with Gasteiger partial charge in [-0.3, -0.25) is 0 Å². The minimum atomic E-state index is -1.71. The van der Waals surface area contributed by atoms with E-state index >= 15 is 0 Å². The van der Waals surface area contributed by atoms with E-state index in [2.05, 4.69) is 53.7 Å². The average molecular weight is 370 g/mol. The Morgan fingerprint density at radius 2 is 1.54 bits per heavy atom. The summed E-state index contributed by atoms with van der Waals surface area (Å²) in [6, 6.07) is 6.55. The van der Waals surface area contributed by atoms with Gasteiger partial charge in [-0.1, -0.05) is 64.4 Å². The summed E-state index contributed by atoms with van der Waals surface area (Å²) in [6.45, 7) is 15.1. The molecule has 0 spiro atoms. The first-order valence-electron chi connectivity index (χ1n) is 9.32. The van der Waals surface area contributed by atoms with Gasteiger partial charge < -0.3 is 5.21 Å². The van der Waals surface area contributed by atoms with Crippen LogP contribution in [0.15, 0.2) is 18.2 Å². The monoisotopic (exact) mass is 369 g/mol. The number of rotatable bonds is 9. The van der Waals surface area contributed by atoms with E-state index in [0.717, 1.165) is 30.8 Å². The second kappa shape index (κ2) is 9.37. The zero-order valence-electron chi connectivity index (χ0n) is 16.6. The molecule has 2 nitrogen and oxygen atoms in total. The molecule has 1 aromatic carbocycles. The number of aryl methyl sites for hydroxylation is 1. The average Bonchev–Trinajstić information content (AvgIpc) is 2.44. The van der Waals surface area contributed by atoms with Gasteiger partial charge in [0.2, 0.25) is 0 Å². The molecule has 24 heavy (non-hydrogen) atoms. The van der Waals surface area contributed by atoms with Crippen molar-refractivity contribution in [3.63, 3.8) is 0 Å². The number of hydrogen-bond acceptors (Lipinski definition) is 2. The van der Waals surface area contributed by atoms with E-state index in [0.29, 0.717) is 16.6 Å². The molecule has 0 aliphatic heterocycles. The lowest BCUT2D eigenvalue weighted by molar-refractivity contribution is -0.0654. The van der Waals surface area contributed by atoms with Crippen LogP contribution >= 0.6 is 11.6 Å². The summed E-state index contributed by atoms with van der Waals surface area (Å²) in [6.07, 6.45) is 3.17. The minimum Gasteiger partial charge on any atom is -0.314 e. The van der Waals surface area contributed by atoms with Crippen LogP contribution in [0.5, 0.6) is 0 Å². The van der Waals surface area contributed by atoms with Gasteiger partial charge in [0.25, 0.3) is 0 Å². The van der Waals surface area contributed by atoms with Crippen LogP contribution in [0.3, 0.4) is 0 Å². The van der Waals surface area contributed by atoms with Gasteiger partial charge in [-0.25, -0.2) is 0 Å². The van der Waals surface area contributed by atoms with Gasteiger partial charge in [-0.15, -0.1) is 0 Å². The van der Waals surface area contributed by atoms with Crippen molar-refractivity contribution in [2.45, 2.75) is 77.4 Å². The zero-order valence-corrected chi connectivity index (χ0v) is 18.3. The van der Waals surface area contributed by atoms with Crippen LogP contribution in [-0.2, 0) is 6.42 Å². The standard InChI is InChI=1S/C20H36ClNOSi/c1-15(2)24(16(3)4,17(5)6)20-14-19(21)12-11-18(20)10-8-9-13-22(7)23/h11-12,14-17,23H,8-10,13H2,1-7H3. The minimum absolute atomic E-state index is 0.679. The molecular formula is C20H36ClNOSi. The van der Waals surface area contributed by atoms with Crippen LogP contribution in [0.2, 0.25) is 21.6 Å². The van der Waals surface area contributed by atoms with E-state index in [1.54, 1.807) is 12.2 Å². The zero-order chi connectivity index (χ0) is 18.5. The van der Waals surface area contributed by atoms with Gasteiger partial charge in [0, 0.05) is 18.6 Å². The molecule has 1 rings (SSSR count). The van der Waals surface area contributed by atoms with Gasteiger partial charge in [-0.2, -0.15) is 5.06 Å². The van der Waals surface area contributed by atoms with Gasteiger partial charge in [0.05, 0.1) is 8.07 Å². The first-order chi connectivity index (χ1) is 11.1. The molecule has 0 aliphatic rings. The first kappa shape index (κ1) is 21.7. The highest BCUT2D eigenvalue weighted by Crippen LogP contribution is 2.42. The third kappa shape index (κ3) is 4.84. The molecule has 1 N–H and O–H groups in total. The van der Waals surface area contributed by atoms with Crippen molar-refractivity contribution in [2.24, 2.45) is 0 Å². The van der Waals surface area contributed by atoms with E-state index in [1.807, 2.05) is 6.07 Å². The molecule has 138 valence electrons. The normalized spacial score (nSPS) is 12.9. The van der Waals surface area contributed by atoms with Crippen LogP contribution in [0.4, 0.5) is 0 Å². The van der Waals surface area contributed by atoms with E-state index < -0.39 is 8.07 Å². The molecule has 0 atom stereocenters. The van der Waals surface area contributed by atoms with Crippen LogP contribution in [0, 0.1) is 0 Å². The second-order valence-electron chi connectivity index (χ2n) is 8.04. The quantitative estimate of drug-likeness (QED) is 0.334. The number of halogens is 1. The Bertz CT molecular complexity index is 493. The number of unbranched alkanes of at least 4 members (excludes halogenated alkanes) is 1. The number of hydrogen-bond donors (Lipinski definition) is 1. The van der Waals surface area contributed by atoms with Crippen LogP contribution < -0.4 is 5.19 Å². The maximum absolute atomic E-state index is 9.31. The maximum atomic E-state index is 9.31. The van der Waals surface area contributed by atoms with Gasteiger partial charge >= 0.3 is 0 Å². The largest absolute Gasteiger partial charge is 0.314 e. The molecule has 0 unspecified atom stereocenters. The van der Waals surface area contributed by atoms with Crippen molar-refractivity contribution < 1.29 is 5.21 Å². The highest BCUT2D eigenvalue weighted by molar-refractivity contribution is 6.95. The van der Waals surface area contributed by atoms with Gasteiger partial charge in [0.1, 0.15) is 0 Å². The van der Waals surface area contributed by atoms with Crippen molar-refractivity contribution in [2.75, 3.05) is 13.6 Å².